The van der Waals surface area contributed by atoms with Crippen molar-refractivity contribution in [3.8, 4) is 5.75 Å². The Bertz CT molecular complexity index is 734. The molecule has 0 saturated carbocycles. The van der Waals surface area contributed by atoms with Crippen molar-refractivity contribution in [1.82, 2.24) is 5.43 Å². The molecule has 0 radical (unpaired) electrons. The lowest BCUT2D eigenvalue weighted by molar-refractivity contribution is -0.123. The first-order chi connectivity index (χ1) is 12.0. The van der Waals surface area contributed by atoms with Crippen LogP contribution in [0.15, 0.2) is 47.6 Å². The van der Waals surface area contributed by atoms with Crippen LogP contribution in [0.25, 0.3) is 0 Å². The highest BCUT2D eigenvalue weighted by Gasteiger charge is 2.09. The van der Waals surface area contributed by atoms with Gasteiger partial charge in [-0.25, -0.2) is 5.43 Å². The summed E-state index contributed by atoms with van der Waals surface area (Å²) in [5.41, 5.74) is 6.91. The largest absolute Gasteiger partial charge is 0.483 e. The molecule has 0 aliphatic rings. The van der Waals surface area contributed by atoms with Crippen molar-refractivity contribution in [2.24, 2.45) is 5.10 Å². The molecule has 4 heteroatoms. The molecule has 0 heterocycles. The molecule has 2 aromatic carbocycles. The first-order valence-corrected chi connectivity index (χ1v) is 8.63. The monoisotopic (exact) mass is 338 g/mol. The van der Waals surface area contributed by atoms with Gasteiger partial charge in [0.15, 0.2) is 6.61 Å². The zero-order valence-corrected chi connectivity index (χ0v) is 15.4. The molecule has 0 unspecified atom stereocenters. The number of benzene rings is 2. The summed E-state index contributed by atoms with van der Waals surface area (Å²) >= 11 is 0. The van der Waals surface area contributed by atoms with Crippen LogP contribution in [0.2, 0.25) is 0 Å². The minimum Gasteiger partial charge on any atom is -0.483 e. The molecule has 4 nitrogen and oxygen atoms in total. The zero-order chi connectivity index (χ0) is 18.2. The summed E-state index contributed by atoms with van der Waals surface area (Å²) in [4.78, 5) is 11.9. The van der Waals surface area contributed by atoms with Gasteiger partial charge in [0.25, 0.3) is 5.91 Å². The smallest absolute Gasteiger partial charge is 0.277 e. The summed E-state index contributed by atoms with van der Waals surface area (Å²) in [6.07, 6.45) is 2.63. The van der Waals surface area contributed by atoms with Crippen LogP contribution in [-0.2, 0) is 11.2 Å². The van der Waals surface area contributed by atoms with E-state index in [9.17, 15) is 4.79 Å². The van der Waals surface area contributed by atoms with E-state index in [1.807, 2.05) is 31.2 Å². The van der Waals surface area contributed by atoms with Crippen molar-refractivity contribution in [2.45, 2.75) is 40.0 Å². The second kappa shape index (κ2) is 9.02. The van der Waals surface area contributed by atoms with Crippen molar-refractivity contribution in [3.05, 3.63) is 64.7 Å². The fraction of sp³-hybridized carbons (Fsp3) is 0.333. The van der Waals surface area contributed by atoms with E-state index in [2.05, 4.69) is 49.5 Å². The number of carbonyl (C=O) groups excluding carboxylic acids is 1. The molecule has 1 amide bonds. The van der Waals surface area contributed by atoms with E-state index in [1.165, 1.54) is 5.56 Å². The Kier molecular flexibility index (Phi) is 6.75. The molecule has 1 N–H and O–H groups in total. The fourth-order valence-electron chi connectivity index (χ4n) is 2.44. The third-order valence-corrected chi connectivity index (χ3v) is 3.94. The maximum Gasteiger partial charge on any atom is 0.277 e. The number of hydrogen-bond acceptors (Lipinski definition) is 3. The normalized spacial score (nSPS) is 11.1. The van der Waals surface area contributed by atoms with Gasteiger partial charge in [-0.2, -0.15) is 5.10 Å². The number of carbonyl (C=O) groups is 1. The van der Waals surface area contributed by atoms with Gasteiger partial charge in [0.1, 0.15) is 5.75 Å². The maximum atomic E-state index is 11.9. The minimum absolute atomic E-state index is 0.0602. The van der Waals surface area contributed by atoms with Crippen LogP contribution in [0.1, 0.15) is 48.9 Å². The molecule has 0 fully saturated rings. The lowest BCUT2D eigenvalue weighted by Crippen LogP contribution is -2.25. The molecule has 0 spiro atoms. The van der Waals surface area contributed by atoms with Gasteiger partial charge in [0.2, 0.25) is 0 Å². The van der Waals surface area contributed by atoms with E-state index in [-0.39, 0.29) is 12.5 Å². The Labute approximate surface area is 149 Å². The second-order valence-corrected chi connectivity index (χ2v) is 6.37. The molecular formula is C21H26N2O2. The van der Waals surface area contributed by atoms with Gasteiger partial charge in [-0.3, -0.25) is 4.79 Å². The average molecular weight is 338 g/mol. The Balaban J connectivity index is 1.88. The van der Waals surface area contributed by atoms with E-state index in [0.717, 1.165) is 28.9 Å². The third-order valence-electron chi connectivity index (χ3n) is 3.94. The number of hydrazone groups is 1. The number of amides is 1. The highest BCUT2D eigenvalue weighted by atomic mass is 16.5. The molecule has 0 aromatic heterocycles. The summed E-state index contributed by atoms with van der Waals surface area (Å²) in [6.45, 7) is 8.26. The number of rotatable bonds is 7. The van der Waals surface area contributed by atoms with E-state index in [4.69, 9.17) is 4.74 Å². The summed E-state index contributed by atoms with van der Waals surface area (Å²) in [6, 6.07) is 14.1. The van der Waals surface area contributed by atoms with Crippen LogP contribution in [0.5, 0.6) is 5.75 Å². The highest BCUT2D eigenvalue weighted by molar-refractivity contribution is 5.82. The molecule has 0 bridgehead atoms. The molecule has 0 aliphatic carbocycles. The van der Waals surface area contributed by atoms with Gasteiger partial charge in [0.05, 0.1) is 6.21 Å². The molecule has 0 atom stereocenters. The molecule has 0 aliphatic heterocycles. The molecular weight excluding hydrogens is 312 g/mol. The van der Waals surface area contributed by atoms with Gasteiger partial charge in [-0.15, -0.1) is 0 Å². The van der Waals surface area contributed by atoms with Crippen molar-refractivity contribution in [3.63, 3.8) is 0 Å². The van der Waals surface area contributed by atoms with E-state index in [0.29, 0.717) is 5.92 Å². The van der Waals surface area contributed by atoms with E-state index < -0.39 is 0 Å². The van der Waals surface area contributed by atoms with E-state index in [1.54, 1.807) is 6.21 Å². The topological polar surface area (TPSA) is 50.7 Å². The Morgan fingerprint density at radius 3 is 2.56 bits per heavy atom. The van der Waals surface area contributed by atoms with Gasteiger partial charge in [-0.1, -0.05) is 57.2 Å². The van der Waals surface area contributed by atoms with Crippen LogP contribution in [0.3, 0.4) is 0 Å². The Morgan fingerprint density at radius 1 is 1.20 bits per heavy atom. The van der Waals surface area contributed by atoms with Gasteiger partial charge in [0, 0.05) is 0 Å². The SMILES string of the molecule is CCc1ccc(/C=N/NC(=O)COc2cc(C)ccc2C(C)C)cc1. The number of hydrogen-bond donors (Lipinski definition) is 1. The zero-order valence-electron chi connectivity index (χ0n) is 15.4. The number of nitrogens with one attached hydrogen (secondary N) is 1. The maximum absolute atomic E-state index is 11.9. The lowest BCUT2D eigenvalue weighted by Gasteiger charge is -2.14. The second-order valence-electron chi connectivity index (χ2n) is 6.37. The summed E-state index contributed by atoms with van der Waals surface area (Å²) < 4.78 is 5.69. The summed E-state index contributed by atoms with van der Waals surface area (Å²) in [5, 5.41) is 3.98. The lowest BCUT2D eigenvalue weighted by atomic mass is 10.0. The van der Waals surface area contributed by atoms with Crippen LogP contribution in [0.4, 0.5) is 0 Å². The number of ether oxygens (including phenoxy) is 1. The fourth-order valence-corrected chi connectivity index (χ4v) is 2.44. The van der Waals surface area contributed by atoms with Gasteiger partial charge >= 0.3 is 0 Å². The highest BCUT2D eigenvalue weighted by Crippen LogP contribution is 2.27. The quantitative estimate of drug-likeness (QED) is 0.607. The van der Waals surface area contributed by atoms with Crippen molar-refractivity contribution in [2.75, 3.05) is 6.61 Å². The van der Waals surface area contributed by atoms with Crippen LogP contribution in [-0.4, -0.2) is 18.7 Å². The Morgan fingerprint density at radius 2 is 1.92 bits per heavy atom. The minimum atomic E-state index is -0.280. The summed E-state index contributed by atoms with van der Waals surface area (Å²) in [5.74, 6) is 0.810. The average Bonchev–Trinajstić information content (AvgIpc) is 2.60. The number of nitrogens with zero attached hydrogens (tertiary/aromatic N) is 1. The van der Waals surface area contributed by atoms with Gasteiger partial charge < -0.3 is 4.74 Å². The van der Waals surface area contributed by atoms with Crippen molar-refractivity contribution < 1.29 is 9.53 Å². The number of aryl methyl sites for hydroxylation is 2. The van der Waals surface area contributed by atoms with Crippen LogP contribution < -0.4 is 10.2 Å². The van der Waals surface area contributed by atoms with Crippen LogP contribution >= 0.6 is 0 Å². The molecule has 132 valence electrons. The Hall–Kier alpha value is -2.62. The first kappa shape index (κ1) is 18.7. The molecule has 25 heavy (non-hydrogen) atoms. The van der Waals surface area contributed by atoms with Crippen molar-refractivity contribution in [1.29, 1.82) is 0 Å². The predicted molar refractivity (Wildman–Crippen MR) is 102 cm³/mol. The molecule has 0 saturated heterocycles. The van der Waals surface area contributed by atoms with Crippen molar-refractivity contribution >= 4 is 12.1 Å². The van der Waals surface area contributed by atoms with E-state index >= 15 is 0 Å². The van der Waals surface area contributed by atoms with Gasteiger partial charge in [-0.05, 0) is 47.6 Å². The summed E-state index contributed by atoms with van der Waals surface area (Å²) in [7, 11) is 0. The molecule has 2 aromatic rings. The first-order valence-electron chi connectivity index (χ1n) is 8.63. The van der Waals surface area contributed by atoms with Crippen LogP contribution in [0, 0.1) is 6.92 Å². The predicted octanol–water partition coefficient (Wildman–Crippen LogP) is 4.21. The molecule has 2 rings (SSSR count). The third kappa shape index (κ3) is 5.75. The standard InChI is InChI=1S/C21H26N2O2/c1-5-17-7-9-18(10-8-17)13-22-23-21(24)14-25-20-12-16(4)6-11-19(20)15(2)3/h6-13,15H,5,14H2,1-4H3,(H,23,24)/b22-13+.